The van der Waals surface area contributed by atoms with Gasteiger partial charge in [-0.2, -0.15) is 0 Å². The molecular weight excluding hydrogens is 416 g/mol. The highest BCUT2D eigenvalue weighted by molar-refractivity contribution is 5.75. The Balaban J connectivity index is 2.22. The molecule has 4 unspecified atom stereocenters. The van der Waals surface area contributed by atoms with Crippen molar-refractivity contribution in [3.8, 4) is 0 Å². The summed E-state index contributed by atoms with van der Waals surface area (Å²) in [5.74, 6) is -1.83. The maximum Gasteiger partial charge on any atom is 0.307 e. The van der Waals surface area contributed by atoms with Gasteiger partial charge in [-0.25, -0.2) is 0 Å². The Morgan fingerprint density at radius 2 is 1.88 bits per heavy atom. The molecule has 1 fully saturated rings. The first-order valence-corrected chi connectivity index (χ1v) is 10.8. The van der Waals surface area contributed by atoms with E-state index in [4.69, 9.17) is 18.9 Å². The number of rotatable bonds is 10. The summed E-state index contributed by atoms with van der Waals surface area (Å²) in [4.78, 5) is 46.4. The summed E-state index contributed by atoms with van der Waals surface area (Å²) in [6.07, 6.45) is 4.06. The Hall–Kier alpha value is -2.90. The Bertz CT molecular complexity index is 822. The van der Waals surface area contributed by atoms with E-state index in [-0.39, 0.29) is 36.7 Å². The predicted molar refractivity (Wildman–Crippen MR) is 115 cm³/mol. The van der Waals surface area contributed by atoms with Crippen LogP contribution in [-0.2, 0) is 38.1 Å². The highest BCUT2D eigenvalue weighted by atomic mass is 16.7. The van der Waals surface area contributed by atoms with Gasteiger partial charge in [0.05, 0.1) is 18.6 Å². The van der Waals surface area contributed by atoms with Crippen LogP contribution < -0.4 is 0 Å². The van der Waals surface area contributed by atoms with Gasteiger partial charge in [-0.3, -0.25) is 14.4 Å². The van der Waals surface area contributed by atoms with Gasteiger partial charge in [0.15, 0.2) is 0 Å². The number of hydrogen-bond donors (Lipinski definition) is 0. The molecule has 8 nitrogen and oxygen atoms in total. The van der Waals surface area contributed by atoms with Crippen molar-refractivity contribution >= 4 is 23.7 Å². The summed E-state index contributed by atoms with van der Waals surface area (Å²) in [5, 5.41) is 0. The lowest BCUT2D eigenvalue weighted by molar-refractivity contribution is -0.185. The maximum absolute atomic E-state index is 12.4. The van der Waals surface area contributed by atoms with Crippen molar-refractivity contribution in [3.05, 3.63) is 35.6 Å². The molecule has 32 heavy (non-hydrogen) atoms. The predicted octanol–water partition coefficient (Wildman–Crippen LogP) is 3.55. The number of cyclic esters (lactones) is 1. The SMILES string of the molecule is C=C(CCCC(C)=O)C1C(OC(C)=O)OC=C2C(CC=C(C)COC(C)=O)OC(=O)CC21. The molecule has 0 N–H and O–H groups in total. The zero-order valence-corrected chi connectivity index (χ0v) is 19.2. The molecule has 2 heterocycles. The quantitative estimate of drug-likeness (QED) is 0.284. The monoisotopic (exact) mass is 448 g/mol. The highest BCUT2D eigenvalue weighted by Gasteiger charge is 2.46. The molecule has 0 bridgehead atoms. The van der Waals surface area contributed by atoms with E-state index in [2.05, 4.69) is 6.58 Å². The Labute approximate surface area is 188 Å². The van der Waals surface area contributed by atoms with Gasteiger partial charge in [-0.05, 0) is 32.3 Å². The Morgan fingerprint density at radius 1 is 1.16 bits per heavy atom. The molecule has 1 saturated heterocycles. The first-order valence-electron chi connectivity index (χ1n) is 10.8. The lowest BCUT2D eigenvalue weighted by Crippen LogP contribution is -2.45. The zero-order valence-electron chi connectivity index (χ0n) is 19.2. The van der Waals surface area contributed by atoms with Crippen molar-refractivity contribution in [2.75, 3.05) is 6.61 Å². The van der Waals surface area contributed by atoms with Crippen LogP contribution in [0.1, 0.15) is 59.8 Å². The molecule has 0 radical (unpaired) electrons. The van der Waals surface area contributed by atoms with Crippen molar-refractivity contribution in [1.29, 1.82) is 0 Å². The average molecular weight is 449 g/mol. The molecule has 8 heteroatoms. The molecule has 2 rings (SSSR count). The van der Waals surface area contributed by atoms with Crippen LogP contribution in [-0.4, -0.2) is 42.7 Å². The van der Waals surface area contributed by atoms with E-state index >= 15 is 0 Å². The third-order valence-corrected chi connectivity index (χ3v) is 5.49. The second-order valence-corrected chi connectivity index (χ2v) is 8.33. The summed E-state index contributed by atoms with van der Waals surface area (Å²) in [6, 6.07) is 0. The van der Waals surface area contributed by atoms with E-state index in [9.17, 15) is 19.2 Å². The highest BCUT2D eigenvalue weighted by Crippen LogP contribution is 2.44. The van der Waals surface area contributed by atoms with E-state index in [1.54, 1.807) is 0 Å². The van der Waals surface area contributed by atoms with Crippen molar-refractivity contribution in [2.45, 2.75) is 72.2 Å². The van der Waals surface area contributed by atoms with E-state index in [0.29, 0.717) is 25.7 Å². The summed E-state index contributed by atoms with van der Waals surface area (Å²) < 4.78 is 21.7. The van der Waals surface area contributed by atoms with Gasteiger partial charge in [-0.15, -0.1) is 0 Å². The second kappa shape index (κ2) is 11.6. The van der Waals surface area contributed by atoms with Gasteiger partial charge in [0.25, 0.3) is 0 Å². The smallest absolute Gasteiger partial charge is 0.307 e. The van der Waals surface area contributed by atoms with Crippen molar-refractivity contribution in [1.82, 2.24) is 0 Å². The molecule has 0 aromatic carbocycles. The molecule has 0 aromatic rings. The topological polar surface area (TPSA) is 105 Å². The number of hydrogen-bond acceptors (Lipinski definition) is 8. The third kappa shape index (κ3) is 7.35. The van der Waals surface area contributed by atoms with Crippen LogP contribution in [0.2, 0.25) is 0 Å². The minimum absolute atomic E-state index is 0.0898. The molecule has 0 amide bonds. The van der Waals surface area contributed by atoms with Crippen molar-refractivity contribution < 1.29 is 38.1 Å². The van der Waals surface area contributed by atoms with Gasteiger partial charge in [0, 0.05) is 38.2 Å². The molecule has 176 valence electrons. The number of carbonyl (C=O) groups is 4. The fourth-order valence-electron chi connectivity index (χ4n) is 3.97. The fraction of sp³-hybridized carbons (Fsp3) is 0.583. The van der Waals surface area contributed by atoms with Crippen LogP contribution in [0.25, 0.3) is 0 Å². The van der Waals surface area contributed by atoms with Crippen LogP contribution in [0.4, 0.5) is 0 Å². The normalized spacial score (nSPS) is 24.9. The zero-order chi connectivity index (χ0) is 23.8. The van der Waals surface area contributed by atoms with Gasteiger partial charge < -0.3 is 23.7 Å². The fourth-order valence-corrected chi connectivity index (χ4v) is 3.97. The van der Waals surface area contributed by atoms with E-state index in [1.165, 1.54) is 27.0 Å². The Kier molecular flexibility index (Phi) is 9.23. The van der Waals surface area contributed by atoms with E-state index in [0.717, 1.165) is 16.7 Å². The molecule has 0 aromatic heterocycles. The maximum atomic E-state index is 12.4. The van der Waals surface area contributed by atoms with Crippen LogP contribution >= 0.6 is 0 Å². The summed E-state index contributed by atoms with van der Waals surface area (Å²) in [7, 11) is 0. The lowest BCUT2D eigenvalue weighted by Gasteiger charge is -2.42. The molecular formula is C24H32O8. The van der Waals surface area contributed by atoms with Crippen LogP contribution in [0.3, 0.4) is 0 Å². The van der Waals surface area contributed by atoms with Crippen LogP contribution in [0, 0.1) is 11.8 Å². The van der Waals surface area contributed by atoms with Gasteiger partial charge in [-0.1, -0.05) is 18.2 Å². The first kappa shape index (κ1) is 25.4. The second-order valence-electron chi connectivity index (χ2n) is 8.33. The number of fused-ring (bicyclic) bond motifs is 1. The summed E-state index contributed by atoms with van der Waals surface area (Å²) in [6.45, 7) is 10.3. The molecule has 2 aliphatic heterocycles. The standard InChI is InChI=1S/C24H32O8/c1-14(12-29-17(4)26)9-10-21-20-13-30-24(31-18(5)27)23(19(20)11-22(28)32-21)15(2)7-6-8-16(3)25/h9,13,19,21,23-24H,2,6-8,10-12H2,1,3-5H3. The largest absolute Gasteiger partial charge is 0.462 e. The number of carbonyl (C=O) groups excluding carboxylic acids is 4. The minimum Gasteiger partial charge on any atom is -0.462 e. The number of ether oxygens (including phenoxy) is 4. The molecule has 0 aliphatic carbocycles. The van der Waals surface area contributed by atoms with Gasteiger partial charge in [0.2, 0.25) is 6.29 Å². The summed E-state index contributed by atoms with van der Waals surface area (Å²) in [5.41, 5.74) is 2.39. The molecule has 0 spiro atoms. The van der Waals surface area contributed by atoms with E-state index < -0.39 is 24.3 Å². The first-order chi connectivity index (χ1) is 15.1. The number of ketones is 1. The number of Topliss-reactive ketones (excluding diaryl/α,β-unsaturated/α-hetero) is 1. The van der Waals surface area contributed by atoms with Crippen molar-refractivity contribution in [3.63, 3.8) is 0 Å². The number of esters is 3. The average Bonchev–Trinajstić information content (AvgIpc) is 2.69. The van der Waals surface area contributed by atoms with Gasteiger partial charge >= 0.3 is 17.9 Å². The summed E-state index contributed by atoms with van der Waals surface area (Å²) >= 11 is 0. The van der Waals surface area contributed by atoms with Crippen LogP contribution in [0.5, 0.6) is 0 Å². The Morgan fingerprint density at radius 3 is 2.50 bits per heavy atom. The van der Waals surface area contributed by atoms with Crippen LogP contribution in [0.15, 0.2) is 35.6 Å². The molecule has 2 aliphatic rings. The minimum atomic E-state index is -0.890. The van der Waals surface area contributed by atoms with Crippen molar-refractivity contribution in [2.24, 2.45) is 11.8 Å². The lowest BCUT2D eigenvalue weighted by atomic mass is 9.73. The molecule has 0 saturated carbocycles. The van der Waals surface area contributed by atoms with E-state index in [1.807, 2.05) is 13.0 Å². The third-order valence-electron chi connectivity index (χ3n) is 5.49. The molecule has 4 atom stereocenters. The van der Waals surface area contributed by atoms with Gasteiger partial charge in [0.1, 0.15) is 18.5 Å².